The van der Waals surface area contributed by atoms with Gasteiger partial charge in [-0.1, -0.05) is 37.5 Å². The van der Waals surface area contributed by atoms with Gasteiger partial charge in [-0.15, -0.1) is 0 Å². The molecule has 1 saturated carbocycles. The van der Waals surface area contributed by atoms with E-state index in [0.29, 0.717) is 24.7 Å². The number of aromatic amines is 1. The van der Waals surface area contributed by atoms with Crippen LogP contribution in [0.1, 0.15) is 42.5 Å². The molecule has 1 saturated heterocycles. The smallest absolute Gasteiger partial charge is 0.256 e. The number of carbonyl (C=O) groups is 2. The Bertz CT molecular complexity index is 755. The Morgan fingerprint density at radius 3 is 2.62 bits per heavy atom. The normalized spacial score (nSPS) is 19.2. The molecule has 0 atom stereocenters. The molecule has 0 unspecified atom stereocenters. The lowest BCUT2D eigenvalue weighted by atomic mass is 9.93. The number of hydrogen-bond acceptors (Lipinski definition) is 2. The summed E-state index contributed by atoms with van der Waals surface area (Å²) >= 11 is 0. The van der Waals surface area contributed by atoms with E-state index in [1.165, 1.54) is 19.3 Å². The molecule has 0 radical (unpaired) electrons. The van der Waals surface area contributed by atoms with Crippen LogP contribution in [0.3, 0.4) is 0 Å². The molecule has 2 heterocycles. The maximum Gasteiger partial charge on any atom is 0.256 e. The summed E-state index contributed by atoms with van der Waals surface area (Å²) in [6, 6.07) is 8.13. The van der Waals surface area contributed by atoms with Gasteiger partial charge in [0, 0.05) is 36.2 Å². The predicted octanol–water partition coefficient (Wildman–Crippen LogP) is 2.69. The number of likely N-dealkylation sites (tertiary alicyclic amines) is 1. The second-order valence-corrected chi connectivity index (χ2v) is 7.00. The van der Waals surface area contributed by atoms with Crippen LogP contribution in [0, 0.1) is 5.92 Å². The van der Waals surface area contributed by atoms with Gasteiger partial charge >= 0.3 is 0 Å². The molecule has 2 N–H and O–H groups in total. The molecule has 5 nitrogen and oxygen atoms in total. The molecule has 2 aromatic rings. The van der Waals surface area contributed by atoms with Gasteiger partial charge in [-0.2, -0.15) is 0 Å². The fourth-order valence-corrected chi connectivity index (χ4v) is 3.79. The molecule has 1 aliphatic heterocycles. The molecule has 1 aromatic carbocycles. The van der Waals surface area contributed by atoms with Crippen molar-refractivity contribution in [1.82, 2.24) is 15.2 Å². The lowest BCUT2D eigenvalue weighted by Gasteiger charge is -2.39. The number of amides is 2. The quantitative estimate of drug-likeness (QED) is 0.911. The number of nitrogens with zero attached hydrogens (tertiary/aromatic N) is 1. The first kappa shape index (κ1) is 15.2. The Kier molecular flexibility index (Phi) is 4.00. The highest BCUT2D eigenvalue weighted by Crippen LogP contribution is 2.25. The van der Waals surface area contributed by atoms with Crippen LogP contribution in [-0.2, 0) is 4.79 Å². The third-order valence-corrected chi connectivity index (χ3v) is 5.31. The van der Waals surface area contributed by atoms with Crippen LogP contribution in [0.4, 0.5) is 0 Å². The first-order valence-corrected chi connectivity index (χ1v) is 8.88. The van der Waals surface area contributed by atoms with Gasteiger partial charge in [-0.25, -0.2) is 0 Å². The fraction of sp³-hybridized carbons (Fsp3) is 0.474. The summed E-state index contributed by atoms with van der Waals surface area (Å²) in [7, 11) is 0. The van der Waals surface area contributed by atoms with Gasteiger partial charge in [0.1, 0.15) is 0 Å². The van der Waals surface area contributed by atoms with Gasteiger partial charge < -0.3 is 15.2 Å². The number of aromatic nitrogens is 1. The molecule has 126 valence electrons. The van der Waals surface area contributed by atoms with E-state index in [0.717, 1.165) is 23.7 Å². The van der Waals surface area contributed by atoms with E-state index in [-0.39, 0.29) is 17.7 Å². The molecule has 0 bridgehead atoms. The Morgan fingerprint density at radius 1 is 1.08 bits per heavy atom. The third kappa shape index (κ3) is 2.79. The zero-order valence-electron chi connectivity index (χ0n) is 13.8. The van der Waals surface area contributed by atoms with Crippen LogP contribution in [0.2, 0.25) is 0 Å². The molecule has 1 aromatic heterocycles. The van der Waals surface area contributed by atoms with E-state index in [2.05, 4.69) is 10.3 Å². The average Bonchev–Trinajstić information content (AvgIpc) is 2.98. The molecule has 2 fully saturated rings. The number of fused-ring (bicyclic) bond motifs is 1. The van der Waals surface area contributed by atoms with Crippen LogP contribution in [0.15, 0.2) is 30.5 Å². The van der Waals surface area contributed by atoms with Crippen molar-refractivity contribution in [3.63, 3.8) is 0 Å². The van der Waals surface area contributed by atoms with E-state index in [9.17, 15) is 9.59 Å². The fourth-order valence-electron chi connectivity index (χ4n) is 3.79. The second kappa shape index (κ2) is 6.30. The summed E-state index contributed by atoms with van der Waals surface area (Å²) in [4.78, 5) is 29.8. The van der Waals surface area contributed by atoms with Gasteiger partial charge in [-0.05, 0) is 18.9 Å². The van der Waals surface area contributed by atoms with Gasteiger partial charge in [0.05, 0.1) is 11.5 Å². The van der Waals surface area contributed by atoms with Gasteiger partial charge in [0.2, 0.25) is 5.91 Å². The maximum absolute atomic E-state index is 12.6. The van der Waals surface area contributed by atoms with Crippen molar-refractivity contribution in [3.05, 3.63) is 36.0 Å². The van der Waals surface area contributed by atoms with E-state index in [1.807, 2.05) is 24.3 Å². The van der Waals surface area contributed by atoms with Gasteiger partial charge in [-0.3, -0.25) is 9.59 Å². The van der Waals surface area contributed by atoms with E-state index in [4.69, 9.17) is 0 Å². The van der Waals surface area contributed by atoms with E-state index in [1.54, 1.807) is 11.1 Å². The van der Waals surface area contributed by atoms with Crippen LogP contribution in [0.25, 0.3) is 10.9 Å². The number of benzene rings is 1. The highest BCUT2D eigenvalue weighted by atomic mass is 16.2. The topological polar surface area (TPSA) is 65.2 Å². The molecule has 2 amide bonds. The van der Waals surface area contributed by atoms with Crippen molar-refractivity contribution in [2.75, 3.05) is 13.1 Å². The number of hydrogen-bond donors (Lipinski definition) is 2. The molecule has 5 heteroatoms. The summed E-state index contributed by atoms with van der Waals surface area (Å²) in [6.45, 7) is 1.05. The summed E-state index contributed by atoms with van der Waals surface area (Å²) in [5.74, 6) is 0.0696. The summed E-state index contributed by atoms with van der Waals surface area (Å²) in [6.07, 6.45) is 7.65. The molecular weight excluding hydrogens is 302 g/mol. The third-order valence-electron chi connectivity index (χ3n) is 5.31. The number of para-hydroxylation sites is 1. The van der Waals surface area contributed by atoms with Gasteiger partial charge in [0.15, 0.2) is 0 Å². The lowest BCUT2D eigenvalue weighted by molar-refractivity contribution is -0.129. The van der Waals surface area contributed by atoms with Crippen LogP contribution >= 0.6 is 0 Å². The number of rotatable bonds is 3. The Balaban J connectivity index is 1.35. The second-order valence-electron chi connectivity index (χ2n) is 7.00. The molecular formula is C19H23N3O2. The summed E-state index contributed by atoms with van der Waals surface area (Å²) < 4.78 is 0. The maximum atomic E-state index is 12.6. The SMILES string of the molecule is O=C(NC1CCCCC1)C1CN(C(=O)c2c[nH]c3ccccc23)C1. The minimum absolute atomic E-state index is 0.00849. The highest BCUT2D eigenvalue weighted by Gasteiger charge is 2.37. The largest absolute Gasteiger partial charge is 0.360 e. The molecule has 1 aliphatic carbocycles. The van der Waals surface area contributed by atoms with Crippen molar-refractivity contribution in [2.45, 2.75) is 38.1 Å². The minimum atomic E-state index is -0.0546. The van der Waals surface area contributed by atoms with Crippen molar-refractivity contribution in [2.24, 2.45) is 5.92 Å². The van der Waals surface area contributed by atoms with Crippen molar-refractivity contribution >= 4 is 22.7 Å². The monoisotopic (exact) mass is 325 g/mol. The lowest BCUT2D eigenvalue weighted by Crippen LogP contribution is -2.57. The van der Waals surface area contributed by atoms with Crippen LogP contribution < -0.4 is 5.32 Å². The molecule has 2 aliphatic rings. The standard InChI is InChI=1S/C19H23N3O2/c23-18(21-14-6-2-1-3-7-14)13-11-22(12-13)19(24)16-10-20-17-9-5-4-8-15(16)17/h4-5,8-10,13-14,20H,1-3,6-7,11-12H2,(H,21,23). The summed E-state index contributed by atoms with van der Waals surface area (Å²) in [5, 5.41) is 4.10. The zero-order chi connectivity index (χ0) is 16.5. The molecule has 0 spiro atoms. The van der Waals surface area contributed by atoms with Crippen molar-refractivity contribution < 1.29 is 9.59 Å². The predicted molar refractivity (Wildman–Crippen MR) is 92.7 cm³/mol. The Labute approximate surface area is 141 Å². The van der Waals surface area contributed by atoms with Crippen molar-refractivity contribution in [1.29, 1.82) is 0 Å². The highest BCUT2D eigenvalue weighted by molar-refractivity contribution is 6.07. The number of carbonyl (C=O) groups excluding carboxylic acids is 2. The molecule has 24 heavy (non-hydrogen) atoms. The number of H-pyrrole nitrogens is 1. The van der Waals surface area contributed by atoms with Crippen LogP contribution in [0.5, 0.6) is 0 Å². The minimum Gasteiger partial charge on any atom is -0.360 e. The molecule has 4 rings (SSSR count). The Morgan fingerprint density at radius 2 is 1.83 bits per heavy atom. The average molecular weight is 325 g/mol. The van der Waals surface area contributed by atoms with E-state index < -0.39 is 0 Å². The van der Waals surface area contributed by atoms with Crippen molar-refractivity contribution in [3.8, 4) is 0 Å². The Hall–Kier alpha value is -2.30. The van der Waals surface area contributed by atoms with E-state index >= 15 is 0 Å². The van der Waals surface area contributed by atoms with Gasteiger partial charge in [0.25, 0.3) is 5.91 Å². The first-order valence-electron chi connectivity index (χ1n) is 8.88. The number of nitrogens with one attached hydrogen (secondary N) is 2. The van der Waals surface area contributed by atoms with Crippen LogP contribution in [-0.4, -0.2) is 40.8 Å². The first-order chi connectivity index (χ1) is 11.7. The zero-order valence-corrected chi connectivity index (χ0v) is 13.8. The summed E-state index contributed by atoms with van der Waals surface area (Å²) in [5.41, 5.74) is 1.66.